The van der Waals surface area contributed by atoms with Crippen molar-refractivity contribution in [1.29, 1.82) is 0 Å². The molecule has 144 valence electrons. The Kier molecular flexibility index (Phi) is 6.35. The van der Waals surface area contributed by atoms with Crippen LogP contribution in [0, 0.1) is 18.8 Å². The van der Waals surface area contributed by atoms with Crippen LogP contribution in [0.25, 0.3) is 0 Å². The molecule has 1 aromatic heterocycles. The van der Waals surface area contributed by atoms with Crippen LogP contribution in [0.4, 0.5) is 10.5 Å². The second kappa shape index (κ2) is 8.71. The lowest BCUT2D eigenvalue weighted by Crippen LogP contribution is -2.52. The molecule has 0 saturated carbocycles. The third-order valence-electron chi connectivity index (χ3n) is 5.43. The number of anilines is 1. The van der Waals surface area contributed by atoms with E-state index in [0.29, 0.717) is 11.8 Å². The first-order valence-electron chi connectivity index (χ1n) is 9.93. The number of nitrogens with one attached hydrogen (secondary N) is 1. The highest BCUT2D eigenvalue weighted by molar-refractivity contribution is 5.74. The van der Waals surface area contributed by atoms with Crippen LogP contribution in [-0.2, 0) is 0 Å². The average molecular weight is 360 g/mol. The zero-order valence-electron chi connectivity index (χ0n) is 16.4. The monoisotopic (exact) mass is 359 g/mol. The summed E-state index contributed by atoms with van der Waals surface area (Å²) >= 11 is 0. The summed E-state index contributed by atoms with van der Waals surface area (Å²) in [6.45, 7) is 14.2. The number of amides is 2. The lowest BCUT2D eigenvalue weighted by Gasteiger charge is -2.36. The number of nitrogens with zero attached hydrogens (tertiary/aromatic N) is 4. The second-order valence-corrected chi connectivity index (χ2v) is 8.13. The lowest BCUT2D eigenvalue weighted by atomic mass is 10.1. The highest BCUT2D eigenvalue weighted by Crippen LogP contribution is 2.20. The molecular weight excluding hydrogens is 326 g/mol. The van der Waals surface area contributed by atoms with Gasteiger partial charge in [-0.15, -0.1) is 0 Å². The van der Waals surface area contributed by atoms with Crippen LogP contribution in [0.5, 0.6) is 0 Å². The molecule has 2 fully saturated rings. The molecule has 0 spiro atoms. The van der Waals surface area contributed by atoms with Gasteiger partial charge in [0.2, 0.25) is 0 Å². The van der Waals surface area contributed by atoms with Crippen molar-refractivity contribution in [3.05, 3.63) is 24.0 Å². The van der Waals surface area contributed by atoms with Crippen LogP contribution in [0.3, 0.4) is 0 Å². The molecule has 6 nitrogen and oxygen atoms in total. The van der Waals surface area contributed by atoms with Gasteiger partial charge in [0.25, 0.3) is 0 Å². The standard InChI is InChI=1S/C20H33N5O/c1-16(2)14-23-7-5-18(15-23)13-22-20(26)25-10-8-24(9-11-25)19-4-6-21-12-17(19)3/h4,6,12,16,18H,5,7-11,13-15H2,1-3H3,(H,22,26). The van der Waals surface area contributed by atoms with E-state index in [1.165, 1.54) is 30.8 Å². The van der Waals surface area contributed by atoms with E-state index >= 15 is 0 Å². The quantitative estimate of drug-likeness (QED) is 0.876. The summed E-state index contributed by atoms with van der Waals surface area (Å²) in [7, 11) is 0. The molecule has 1 aromatic rings. The largest absolute Gasteiger partial charge is 0.368 e. The van der Waals surface area contributed by atoms with Gasteiger partial charge < -0.3 is 20.0 Å². The number of carbonyl (C=O) groups is 1. The summed E-state index contributed by atoms with van der Waals surface area (Å²) in [5, 5.41) is 3.17. The molecule has 0 radical (unpaired) electrons. The summed E-state index contributed by atoms with van der Waals surface area (Å²) in [4.78, 5) is 23.5. The number of aryl methyl sites for hydroxylation is 1. The van der Waals surface area contributed by atoms with Gasteiger partial charge in [0, 0.05) is 63.9 Å². The van der Waals surface area contributed by atoms with Crippen molar-refractivity contribution in [3.63, 3.8) is 0 Å². The Bertz CT molecular complexity index is 598. The molecule has 2 amide bonds. The van der Waals surface area contributed by atoms with Crippen LogP contribution in [0.15, 0.2) is 18.5 Å². The Morgan fingerprint density at radius 3 is 2.73 bits per heavy atom. The Hall–Kier alpha value is -1.82. The fourth-order valence-electron chi connectivity index (χ4n) is 4.08. The summed E-state index contributed by atoms with van der Waals surface area (Å²) in [6.07, 6.45) is 4.94. The fraction of sp³-hybridized carbons (Fsp3) is 0.700. The highest BCUT2D eigenvalue weighted by atomic mass is 16.2. The minimum atomic E-state index is 0.0957. The maximum absolute atomic E-state index is 12.5. The van der Waals surface area contributed by atoms with Gasteiger partial charge in [-0.2, -0.15) is 0 Å². The Morgan fingerprint density at radius 2 is 2.04 bits per heavy atom. The Balaban J connectivity index is 1.40. The number of likely N-dealkylation sites (tertiary alicyclic amines) is 1. The molecule has 1 atom stereocenters. The fourth-order valence-corrected chi connectivity index (χ4v) is 4.08. The number of hydrogen-bond donors (Lipinski definition) is 1. The molecule has 2 saturated heterocycles. The molecule has 0 aromatic carbocycles. The van der Waals surface area contributed by atoms with Crippen LogP contribution in [0.1, 0.15) is 25.8 Å². The molecule has 3 rings (SSSR count). The van der Waals surface area contributed by atoms with Crippen LogP contribution in [0.2, 0.25) is 0 Å². The van der Waals surface area contributed by atoms with Crippen LogP contribution < -0.4 is 10.2 Å². The van der Waals surface area contributed by atoms with Gasteiger partial charge in [-0.05, 0) is 43.4 Å². The maximum atomic E-state index is 12.5. The normalized spacial score (nSPS) is 21.5. The summed E-state index contributed by atoms with van der Waals surface area (Å²) in [6, 6.07) is 2.16. The number of hydrogen-bond acceptors (Lipinski definition) is 4. The van der Waals surface area contributed by atoms with Crippen molar-refractivity contribution in [3.8, 4) is 0 Å². The minimum absolute atomic E-state index is 0.0957. The number of urea groups is 1. The summed E-state index contributed by atoms with van der Waals surface area (Å²) in [5.41, 5.74) is 2.42. The van der Waals surface area contributed by atoms with Crippen molar-refractivity contribution in [2.45, 2.75) is 27.2 Å². The van der Waals surface area contributed by atoms with Gasteiger partial charge in [-0.1, -0.05) is 13.8 Å². The van der Waals surface area contributed by atoms with Gasteiger partial charge in [0.15, 0.2) is 0 Å². The first-order chi connectivity index (χ1) is 12.5. The van der Waals surface area contributed by atoms with Crippen molar-refractivity contribution in [1.82, 2.24) is 20.1 Å². The highest BCUT2D eigenvalue weighted by Gasteiger charge is 2.25. The van der Waals surface area contributed by atoms with Gasteiger partial charge in [0.1, 0.15) is 0 Å². The summed E-state index contributed by atoms with van der Waals surface area (Å²) < 4.78 is 0. The number of pyridine rings is 1. The average Bonchev–Trinajstić information content (AvgIpc) is 3.07. The maximum Gasteiger partial charge on any atom is 0.317 e. The van der Waals surface area contributed by atoms with E-state index in [4.69, 9.17) is 0 Å². The molecule has 26 heavy (non-hydrogen) atoms. The Labute approximate surface area is 157 Å². The van der Waals surface area contributed by atoms with Gasteiger partial charge in [-0.3, -0.25) is 4.98 Å². The van der Waals surface area contributed by atoms with E-state index in [1.807, 2.05) is 17.3 Å². The van der Waals surface area contributed by atoms with Gasteiger partial charge >= 0.3 is 6.03 Å². The van der Waals surface area contributed by atoms with Gasteiger partial charge in [-0.25, -0.2) is 4.79 Å². The lowest BCUT2D eigenvalue weighted by molar-refractivity contribution is 0.192. The number of carbonyl (C=O) groups excluding carboxylic acids is 1. The van der Waals surface area contributed by atoms with E-state index in [-0.39, 0.29) is 6.03 Å². The molecule has 1 unspecified atom stereocenters. The van der Waals surface area contributed by atoms with Crippen molar-refractivity contribution in [2.24, 2.45) is 11.8 Å². The van der Waals surface area contributed by atoms with Crippen molar-refractivity contribution in [2.75, 3.05) is 57.3 Å². The topological polar surface area (TPSA) is 51.7 Å². The number of rotatable bonds is 5. The smallest absolute Gasteiger partial charge is 0.317 e. The van der Waals surface area contributed by atoms with Crippen LogP contribution in [-0.4, -0.2) is 73.2 Å². The number of aromatic nitrogens is 1. The van der Waals surface area contributed by atoms with E-state index in [0.717, 1.165) is 39.3 Å². The molecule has 3 heterocycles. The van der Waals surface area contributed by atoms with Crippen LogP contribution >= 0.6 is 0 Å². The predicted molar refractivity (Wildman–Crippen MR) is 106 cm³/mol. The van der Waals surface area contributed by atoms with E-state index in [9.17, 15) is 4.79 Å². The molecule has 2 aliphatic heterocycles. The van der Waals surface area contributed by atoms with E-state index in [1.54, 1.807) is 0 Å². The van der Waals surface area contributed by atoms with Crippen molar-refractivity contribution < 1.29 is 4.79 Å². The first-order valence-corrected chi connectivity index (χ1v) is 9.93. The molecule has 6 heteroatoms. The molecule has 0 aliphatic carbocycles. The zero-order chi connectivity index (χ0) is 18.5. The Morgan fingerprint density at radius 1 is 1.27 bits per heavy atom. The van der Waals surface area contributed by atoms with E-state index < -0.39 is 0 Å². The summed E-state index contributed by atoms with van der Waals surface area (Å²) in [5.74, 6) is 1.31. The van der Waals surface area contributed by atoms with E-state index in [2.05, 4.69) is 46.9 Å². The molecule has 1 N–H and O–H groups in total. The SMILES string of the molecule is Cc1cnccc1N1CCN(C(=O)NCC2CCN(CC(C)C)C2)CC1. The molecule has 0 bridgehead atoms. The predicted octanol–water partition coefficient (Wildman–Crippen LogP) is 2.20. The van der Waals surface area contributed by atoms with Gasteiger partial charge in [0.05, 0.1) is 0 Å². The first kappa shape index (κ1) is 19.0. The molecule has 2 aliphatic rings. The third kappa shape index (κ3) is 4.87. The molecular formula is C20H33N5O. The zero-order valence-corrected chi connectivity index (χ0v) is 16.4. The van der Waals surface area contributed by atoms with Crippen molar-refractivity contribution >= 4 is 11.7 Å². The number of piperazine rings is 1. The second-order valence-electron chi connectivity index (χ2n) is 8.13. The minimum Gasteiger partial charge on any atom is -0.368 e. The third-order valence-corrected chi connectivity index (χ3v) is 5.43.